The molecule has 1 aliphatic rings. The normalized spacial score (nSPS) is 16.8. The van der Waals surface area contributed by atoms with Crippen LogP contribution in [0.5, 0.6) is 0 Å². The first-order chi connectivity index (χ1) is 11.7. The van der Waals surface area contributed by atoms with Crippen molar-refractivity contribution >= 4 is 28.3 Å². The molecule has 2 heterocycles. The van der Waals surface area contributed by atoms with Gasteiger partial charge in [-0.05, 0) is 25.0 Å². The van der Waals surface area contributed by atoms with E-state index in [-0.39, 0.29) is 30.9 Å². The summed E-state index contributed by atoms with van der Waals surface area (Å²) in [7, 11) is 0. The summed E-state index contributed by atoms with van der Waals surface area (Å²) in [5.74, 6) is -0.404. The van der Waals surface area contributed by atoms with E-state index < -0.39 is 0 Å². The summed E-state index contributed by atoms with van der Waals surface area (Å²) >= 11 is 1.33. The number of carbonyl (C=O) groups is 2. The van der Waals surface area contributed by atoms with E-state index in [1.54, 1.807) is 24.3 Å². The van der Waals surface area contributed by atoms with E-state index in [0.29, 0.717) is 10.7 Å². The second-order valence-corrected chi connectivity index (χ2v) is 6.38. The van der Waals surface area contributed by atoms with Gasteiger partial charge in [-0.3, -0.25) is 9.59 Å². The van der Waals surface area contributed by atoms with Crippen LogP contribution in [0.15, 0.2) is 30.3 Å². The molecule has 1 atom stereocenters. The Morgan fingerprint density at radius 2 is 2.08 bits per heavy atom. The van der Waals surface area contributed by atoms with Gasteiger partial charge < -0.3 is 15.4 Å². The van der Waals surface area contributed by atoms with Crippen molar-refractivity contribution < 1.29 is 14.3 Å². The third kappa shape index (κ3) is 4.36. The van der Waals surface area contributed by atoms with Crippen LogP contribution in [-0.2, 0) is 9.53 Å². The molecule has 7 nitrogen and oxygen atoms in total. The van der Waals surface area contributed by atoms with Gasteiger partial charge >= 0.3 is 0 Å². The number of hydrogen-bond donors (Lipinski definition) is 2. The zero-order valence-electron chi connectivity index (χ0n) is 13.0. The number of aromatic nitrogens is 2. The Balaban J connectivity index is 1.42. The highest BCUT2D eigenvalue weighted by molar-refractivity contribution is 7.15. The number of rotatable bonds is 6. The van der Waals surface area contributed by atoms with E-state index in [9.17, 15) is 9.59 Å². The molecule has 2 N–H and O–H groups in total. The Labute approximate surface area is 143 Å². The fourth-order valence-electron chi connectivity index (χ4n) is 2.35. The summed E-state index contributed by atoms with van der Waals surface area (Å²) in [6.07, 6.45) is 2.13. The molecule has 0 bridgehead atoms. The lowest BCUT2D eigenvalue weighted by atomic mass is 10.2. The first-order valence-corrected chi connectivity index (χ1v) is 8.62. The van der Waals surface area contributed by atoms with Crippen molar-refractivity contribution in [3.8, 4) is 0 Å². The van der Waals surface area contributed by atoms with Crippen LogP contribution < -0.4 is 10.6 Å². The highest BCUT2D eigenvalue weighted by Gasteiger charge is 2.22. The number of carbonyl (C=O) groups excluding carboxylic acids is 2. The van der Waals surface area contributed by atoms with Gasteiger partial charge in [0.25, 0.3) is 5.91 Å². The van der Waals surface area contributed by atoms with Crippen LogP contribution in [-0.4, -0.2) is 35.2 Å². The van der Waals surface area contributed by atoms with Crippen LogP contribution in [0.4, 0.5) is 5.13 Å². The first-order valence-electron chi connectivity index (χ1n) is 7.80. The van der Waals surface area contributed by atoms with Gasteiger partial charge in [0.2, 0.25) is 11.0 Å². The van der Waals surface area contributed by atoms with E-state index in [1.807, 2.05) is 6.07 Å². The number of nitrogens with zero attached hydrogens (tertiary/aromatic N) is 2. The topological polar surface area (TPSA) is 93.2 Å². The Morgan fingerprint density at radius 1 is 1.25 bits per heavy atom. The summed E-state index contributed by atoms with van der Waals surface area (Å²) in [5.41, 5.74) is 0.572. The molecule has 0 aliphatic carbocycles. The maximum absolute atomic E-state index is 11.9. The van der Waals surface area contributed by atoms with Crippen LogP contribution in [0.1, 0.15) is 40.7 Å². The molecule has 0 saturated carbocycles. The van der Waals surface area contributed by atoms with E-state index in [1.165, 1.54) is 11.3 Å². The molecular weight excluding hydrogens is 328 g/mol. The molecule has 0 spiro atoms. The van der Waals surface area contributed by atoms with Crippen LogP contribution in [0.25, 0.3) is 0 Å². The molecule has 126 valence electrons. The fourth-order valence-corrected chi connectivity index (χ4v) is 3.19. The lowest BCUT2D eigenvalue weighted by Crippen LogP contribution is -2.27. The number of hydrogen-bond acceptors (Lipinski definition) is 6. The number of benzene rings is 1. The first kappa shape index (κ1) is 16.5. The smallest absolute Gasteiger partial charge is 0.251 e. The van der Waals surface area contributed by atoms with E-state index in [2.05, 4.69) is 20.8 Å². The zero-order valence-corrected chi connectivity index (χ0v) is 13.8. The largest absolute Gasteiger partial charge is 0.371 e. The van der Waals surface area contributed by atoms with Crippen molar-refractivity contribution in [3.63, 3.8) is 0 Å². The minimum Gasteiger partial charge on any atom is -0.371 e. The molecule has 1 saturated heterocycles. The van der Waals surface area contributed by atoms with Crippen molar-refractivity contribution in [2.45, 2.75) is 25.4 Å². The molecule has 2 aromatic rings. The minimum atomic E-state index is -0.210. The lowest BCUT2D eigenvalue weighted by Gasteiger charge is -2.05. The second kappa shape index (κ2) is 7.98. The average Bonchev–Trinajstić information content (AvgIpc) is 3.27. The van der Waals surface area contributed by atoms with Crippen molar-refractivity contribution in [2.75, 3.05) is 18.5 Å². The van der Waals surface area contributed by atoms with Gasteiger partial charge in [0.1, 0.15) is 11.1 Å². The number of amides is 2. The molecule has 1 aromatic heterocycles. The van der Waals surface area contributed by atoms with Gasteiger partial charge in [-0.15, -0.1) is 10.2 Å². The van der Waals surface area contributed by atoms with E-state index in [4.69, 9.17) is 4.74 Å². The molecule has 1 unspecified atom stereocenters. The number of nitrogens with one attached hydrogen (secondary N) is 2. The lowest BCUT2D eigenvalue weighted by molar-refractivity contribution is -0.116. The van der Waals surface area contributed by atoms with Crippen LogP contribution in [0.2, 0.25) is 0 Å². The fraction of sp³-hybridized carbons (Fsp3) is 0.375. The van der Waals surface area contributed by atoms with Gasteiger partial charge in [0.15, 0.2) is 0 Å². The van der Waals surface area contributed by atoms with Crippen LogP contribution >= 0.6 is 11.3 Å². The van der Waals surface area contributed by atoms with Gasteiger partial charge in [0.05, 0.1) is 0 Å². The predicted molar refractivity (Wildman–Crippen MR) is 89.9 cm³/mol. The summed E-state index contributed by atoms with van der Waals surface area (Å²) in [6, 6.07) is 8.88. The van der Waals surface area contributed by atoms with Gasteiger partial charge in [-0.1, -0.05) is 29.5 Å². The molecule has 0 radical (unpaired) electrons. The maximum atomic E-state index is 11.9. The SMILES string of the molecule is O=C(CCNC(=O)c1ccccc1)Nc1nnc(C2CCCO2)s1. The van der Waals surface area contributed by atoms with Crippen molar-refractivity contribution in [1.82, 2.24) is 15.5 Å². The Morgan fingerprint density at radius 3 is 2.83 bits per heavy atom. The summed E-state index contributed by atoms with van der Waals surface area (Å²) in [6.45, 7) is 1.00. The summed E-state index contributed by atoms with van der Waals surface area (Å²) in [4.78, 5) is 23.8. The summed E-state index contributed by atoms with van der Waals surface area (Å²) < 4.78 is 5.54. The molecular formula is C16H18N4O3S. The highest BCUT2D eigenvalue weighted by atomic mass is 32.1. The second-order valence-electron chi connectivity index (χ2n) is 5.37. The Hall–Kier alpha value is -2.32. The quantitative estimate of drug-likeness (QED) is 0.836. The minimum absolute atomic E-state index is 0.00156. The molecule has 24 heavy (non-hydrogen) atoms. The van der Waals surface area contributed by atoms with Gasteiger partial charge in [-0.2, -0.15) is 0 Å². The number of anilines is 1. The van der Waals surface area contributed by atoms with Gasteiger partial charge in [-0.25, -0.2) is 0 Å². The third-order valence-electron chi connectivity index (χ3n) is 3.57. The van der Waals surface area contributed by atoms with E-state index in [0.717, 1.165) is 24.5 Å². The monoisotopic (exact) mass is 346 g/mol. The Bertz CT molecular complexity index is 698. The Kier molecular flexibility index (Phi) is 5.50. The summed E-state index contributed by atoms with van der Waals surface area (Å²) in [5, 5.41) is 14.7. The maximum Gasteiger partial charge on any atom is 0.251 e. The standard InChI is InChI=1S/C16H18N4O3S/c21-13(8-9-17-14(22)11-5-2-1-3-6-11)18-16-20-19-15(24-16)12-7-4-10-23-12/h1-3,5-6,12H,4,7-10H2,(H,17,22)(H,18,20,21). The molecule has 1 aromatic carbocycles. The van der Waals surface area contributed by atoms with Crippen LogP contribution in [0.3, 0.4) is 0 Å². The van der Waals surface area contributed by atoms with Crippen molar-refractivity contribution in [2.24, 2.45) is 0 Å². The van der Waals surface area contributed by atoms with Crippen LogP contribution in [0, 0.1) is 0 Å². The number of ether oxygens (including phenoxy) is 1. The third-order valence-corrected chi connectivity index (χ3v) is 4.50. The molecule has 1 aliphatic heterocycles. The molecule has 8 heteroatoms. The average molecular weight is 346 g/mol. The molecule has 1 fully saturated rings. The van der Waals surface area contributed by atoms with E-state index >= 15 is 0 Å². The molecule has 2 amide bonds. The predicted octanol–water partition coefficient (Wildman–Crippen LogP) is 2.15. The van der Waals surface area contributed by atoms with Gasteiger partial charge in [0, 0.05) is 25.1 Å². The van der Waals surface area contributed by atoms with Crippen molar-refractivity contribution in [1.29, 1.82) is 0 Å². The molecule has 3 rings (SSSR count). The van der Waals surface area contributed by atoms with Crippen molar-refractivity contribution in [3.05, 3.63) is 40.9 Å². The zero-order chi connectivity index (χ0) is 16.8. The highest BCUT2D eigenvalue weighted by Crippen LogP contribution is 2.31.